The fraction of sp³-hybridized carbons (Fsp3) is 0.133. The molecule has 0 heterocycles. The van der Waals surface area contributed by atoms with Gasteiger partial charge >= 0.3 is 0 Å². The van der Waals surface area contributed by atoms with Crippen LogP contribution in [-0.4, -0.2) is 5.91 Å². The minimum Gasteiger partial charge on any atom is -0.321 e. The van der Waals surface area contributed by atoms with Gasteiger partial charge in [-0.15, -0.1) is 0 Å². The summed E-state index contributed by atoms with van der Waals surface area (Å²) in [4.78, 5) is 11.7. The zero-order chi connectivity index (χ0) is 15.4. The lowest BCUT2D eigenvalue weighted by Crippen LogP contribution is -2.14. The summed E-state index contributed by atoms with van der Waals surface area (Å²) in [6.07, 6.45) is 0.463. The molecule has 2 aromatic rings. The van der Waals surface area contributed by atoms with Crippen LogP contribution in [-0.2, 0) is 11.2 Å². The summed E-state index contributed by atoms with van der Waals surface area (Å²) in [6.45, 7) is 0. The third-order valence-electron chi connectivity index (χ3n) is 2.85. The van der Waals surface area contributed by atoms with E-state index in [0.717, 1.165) is 17.7 Å². The first-order valence-electron chi connectivity index (χ1n) is 6.15. The van der Waals surface area contributed by atoms with E-state index in [2.05, 4.69) is 5.32 Å². The number of hydrogen-bond donors (Lipinski definition) is 1. The molecular formula is C15H11Cl2F2NO. The van der Waals surface area contributed by atoms with Crippen molar-refractivity contribution in [3.8, 4) is 0 Å². The second-order valence-corrected chi connectivity index (χ2v) is 5.21. The average molecular weight is 330 g/mol. The second-order valence-electron chi connectivity index (χ2n) is 4.39. The van der Waals surface area contributed by atoms with Gasteiger partial charge in [0.25, 0.3) is 0 Å². The summed E-state index contributed by atoms with van der Waals surface area (Å²) in [6, 6.07) is 8.42. The van der Waals surface area contributed by atoms with Gasteiger partial charge in [-0.2, -0.15) is 0 Å². The summed E-state index contributed by atoms with van der Waals surface area (Å²) in [7, 11) is 0. The van der Waals surface area contributed by atoms with Crippen molar-refractivity contribution in [2.45, 2.75) is 12.8 Å². The Kier molecular flexibility index (Phi) is 5.15. The van der Waals surface area contributed by atoms with Gasteiger partial charge in [-0.25, -0.2) is 8.78 Å². The number of aryl methyl sites for hydroxylation is 1. The first-order chi connectivity index (χ1) is 9.97. The maximum absolute atomic E-state index is 13.4. The topological polar surface area (TPSA) is 29.1 Å². The monoisotopic (exact) mass is 329 g/mol. The summed E-state index contributed by atoms with van der Waals surface area (Å²) in [5, 5.41) is 3.05. The molecule has 0 aliphatic rings. The predicted octanol–water partition coefficient (Wildman–Crippen LogP) is 4.84. The van der Waals surface area contributed by atoms with Gasteiger partial charge in [0.1, 0.15) is 17.3 Å². The van der Waals surface area contributed by atoms with Crippen LogP contribution in [0.1, 0.15) is 12.0 Å². The molecule has 21 heavy (non-hydrogen) atoms. The third-order valence-corrected chi connectivity index (χ3v) is 3.59. The maximum atomic E-state index is 13.4. The second kappa shape index (κ2) is 6.87. The van der Waals surface area contributed by atoms with Crippen LogP contribution >= 0.6 is 23.2 Å². The highest BCUT2D eigenvalue weighted by Gasteiger charge is 2.12. The van der Waals surface area contributed by atoms with Crippen LogP contribution in [0.5, 0.6) is 0 Å². The maximum Gasteiger partial charge on any atom is 0.224 e. The number of nitrogens with one attached hydrogen (secondary N) is 1. The smallest absolute Gasteiger partial charge is 0.224 e. The highest BCUT2D eigenvalue weighted by atomic mass is 35.5. The predicted molar refractivity (Wildman–Crippen MR) is 79.8 cm³/mol. The zero-order valence-electron chi connectivity index (χ0n) is 10.8. The Morgan fingerprint density at radius 1 is 1.05 bits per heavy atom. The van der Waals surface area contributed by atoms with Gasteiger partial charge < -0.3 is 5.32 Å². The van der Waals surface area contributed by atoms with Crippen LogP contribution in [0.3, 0.4) is 0 Å². The fourth-order valence-electron chi connectivity index (χ4n) is 1.77. The molecule has 0 bridgehead atoms. The van der Waals surface area contributed by atoms with Gasteiger partial charge in [-0.05, 0) is 36.2 Å². The highest BCUT2D eigenvalue weighted by molar-refractivity contribution is 6.42. The number of carbonyl (C=O) groups is 1. The Morgan fingerprint density at radius 2 is 1.71 bits per heavy atom. The molecule has 0 aliphatic carbocycles. The Hall–Kier alpha value is -1.65. The van der Waals surface area contributed by atoms with E-state index >= 15 is 0 Å². The molecule has 0 saturated heterocycles. The molecule has 0 aliphatic heterocycles. The van der Waals surface area contributed by atoms with Crippen molar-refractivity contribution < 1.29 is 13.6 Å². The lowest BCUT2D eigenvalue weighted by molar-refractivity contribution is -0.116. The van der Waals surface area contributed by atoms with Crippen LogP contribution in [0.25, 0.3) is 0 Å². The number of anilines is 1. The molecule has 1 N–H and O–H groups in total. The molecule has 1 amide bonds. The van der Waals surface area contributed by atoms with Gasteiger partial charge in [-0.3, -0.25) is 4.79 Å². The number of amides is 1. The molecule has 0 radical (unpaired) electrons. The van der Waals surface area contributed by atoms with Crippen molar-refractivity contribution in [3.05, 3.63) is 63.6 Å². The van der Waals surface area contributed by atoms with Crippen LogP contribution in [0.15, 0.2) is 36.4 Å². The first-order valence-corrected chi connectivity index (χ1v) is 6.91. The number of benzene rings is 2. The number of para-hydroxylation sites is 1. The summed E-state index contributed by atoms with van der Waals surface area (Å²) in [5.41, 5.74) is 0.380. The van der Waals surface area contributed by atoms with Crippen molar-refractivity contribution in [2.75, 3.05) is 5.32 Å². The largest absolute Gasteiger partial charge is 0.321 e. The summed E-state index contributed by atoms with van der Waals surface area (Å²) >= 11 is 11.7. The lowest BCUT2D eigenvalue weighted by Gasteiger charge is -2.08. The van der Waals surface area contributed by atoms with E-state index in [1.807, 2.05) is 0 Å². The van der Waals surface area contributed by atoms with E-state index in [0.29, 0.717) is 16.5 Å². The summed E-state index contributed by atoms with van der Waals surface area (Å²) in [5.74, 6) is -2.10. The van der Waals surface area contributed by atoms with Crippen molar-refractivity contribution >= 4 is 34.8 Å². The van der Waals surface area contributed by atoms with Crippen LogP contribution < -0.4 is 5.32 Å². The highest BCUT2D eigenvalue weighted by Crippen LogP contribution is 2.23. The van der Waals surface area contributed by atoms with Gasteiger partial charge in [-0.1, -0.05) is 35.3 Å². The molecule has 2 rings (SSSR count). The zero-order valence-corrected chi connectivity index (χ0v) is 12.3. The number of halogens is 4. The Morgan fingerprint density at radius 3 is 2.33 bits per heavy atom. The molecule has 0 unspecified atom stereocenters. The fourth-order valence-corrected chi connectivity index (χ4v) is 2.09. The van der Waals surface area contributed by atoms with E-state index in [-0.39, 0.29) is 6.42 Å². The number of hydrogen-bond acceptors (Lipinski definition) is 1. The summed E-state index contributed by atoms with van der Waals surface area (Å²) < 4.78 is 26.8. The Balaban J connectivity index is 1.97. The van der Waals surface area contributed by atoms with E-state index in [1.54, 1.807) is 18.2 Å². The molecule has 0 fully saturated rings. The van der Waals surface area contributed by atoms with E-state index in [4.69, 9.17) is 23.2 Å². The van der Waals surface area contributed by atoms with Crippen molar-refractivity contribution in [1.29, 1.82) is 0 Å². The van der Waals surface area contributed by atoms with E-state index in [9.17, 15) is 13.6 Å². The Bertz CT molecular complexity index is 656. The normalized spacial score (nSPS) is 10.5. The Labute approximate surface area is 130 Å². The number of rotatable bonds is 4. The third kappa shape index (κ3) is 4.16. The van der Waals surface area contributed by atoms with Gasteiger partial charge in [0.05, 0.1) is 10.0 Å². The average Bonchev–Trinajstić information content (AvgIpc) is 2.44. The molecule has 0 atom stereocenters. The van der Waals surface area contributed by atoms with Gasteiger partial charge in [0, 0.05) is 6.42 Å². The lowest BCUT2D eigenvalue weighted by atomic mass is 10.1. The van der Waals surface area contributed by atoms with Crippen LogP contribution in [0.2, 0.25) is 10.0 Å². The molecule has 0 spiro atoms. The van der Waals surface area contributed by atoms with Crippen LogP contribution in [0.4, 0.5) is 14.5 Å². The molecule has 110 valence electrons. The molecule has 2 nitrogen and oxygen atoms in total. The van der Waals surface area contributed by atoms with Gasteiger partial charge in [0.15, 0.2) is 0 Å². The molecule has 0 aromatic heterocycles. The van der Waals surface area contributed by atoms with Gasteiger partial charge in [0.2, 0.25) is 5.91 Å². The van der Waals surface area contributed by atoms with Crippen molar-refractivity contribution in [1.82, 2.24) is 0 Å². The van der Waals surface area contributed by atoms with Crippen molar-refractivity contribution in [2.24, 2.45) is 0 Å². The minimum absolute atomic E-state index is 0.0751. The molecule has 2 aromatic carbocycles. The first kappa shape index (κ1) is 15.7. The minimum atomic E-state index is -0.808. The van der Waals surface area contributed by atoms with Crippen molar-refractivity contribution in [3.63, 3.8) is 0 Å². The SMILES string of the molecule is O=C(CCc1ccc(Cl)c(Cl)c1)Nc1c(F)cccc1F. The molecule has 6 heteroatoms. The van der Waals surface area contributed by atoms with E-state index < -0.39 is 23.2 Å². The standard InChI is InChI=1S/C15H11Cl2F2NO/c16-10-6-4-9(8-11(10)17)5-7-14(21)20-15-12(18)2-1-3-13(15)19/h1-4,6,8H,5,7H2,(H,20,21). The molecule has 0 saturated carbocycles. The van der Waals surface area contributed by atoms with Crippen LogP contribution in [0, 0.1) is 11.6 Å². The molecular weight excluding hydrogens is 319 g/mol. The quantitative estimate of drug-likeness (QED) is 0.854. The van der Waals surface area contributed by atoms with E-state index in [1.165, 1.54) is 6.07 Å². The number of carbonyl (C=O) groups excluding carboxylic acids is 1.